The molecule has 0 spiro atoms. The maximum atomic E-state index is 12.5. The largest absolute Gasteiger partial charge is 0.355 e. The summed E-state index contributed by atoms with van der Waals surface area (Å²) in [5.74, 6) is -0.164. The lowest BCUT2D eigenvalue weighted by molar-refractivity contribution is -0.124. The molecule has 1 heterocycles. The van der Waals surface area contributed by atoms with Crippen LogP contribution in [0.5, 0.6) is 0 Å². The molecule has 1 atom stereocenters. The number of carbonyl (C=O) groups is 2. The minimum atomic E-state index is -3.87. The van der Waals surface area contributed by atoms with Crippen LogP contribution in [0.3, 0.4) is 0 Å². The summed E-state index contributed by atoms with van der Waals surface area (Å²) in [5, 5.41) is 5.42. The van der Waals surface area contributed by atoms with Crippen LogP contribution in [-0.4, -0.2) is 39.4 Å². The normalized spacial score (nSPS) is 18.0. The van der Waals surface area contributed by atoms with Crippen LogP contribution in [0.15, 0.2) is 29.2 Å². The number of carbonyl (C=O) groups excluding carboxylic acids is 2. The molecule has 8 heteroatoms. The minimum Gasteiger partial charge on any atom is -0.355 e. The Balaban J connectivity index is 2.08. The molecule has 0 aromatic heterocycles. The van der Waals surface area contributed by atoms with Crippen LogP contribution in [0.2, 0.25) is 0 Å². The minimum absolute atomic E-state index is 0.0256. The standard InChI is InChI=1S/C17H25N3O4S/c1-12(2)8-10-19-16(21)13-5-3-6-14(11-13)25(23,24)20-15-7-4-9-18-17(15)22/h3,5-6,11-12,15,20H,4,7-10H2,1-2H3,(H,18,22)(H,19,21). The van der Waals surface area contributed by atoms with Gasteiger partial charge in [-0.05, 0) is 43.4 Å². The van der Waals surface area contributed by atoms with Crippen LogP contribution >= 0.6 is 0 Å². The van der Waals surface area contributed by atoms with Crippen LogP contribution in [0.4, 0.5) is 0 Å². The highest BCUT2D eigenvalue weighted by molar-refractivity contribution is 7.89. The third-order valence-corrected chi connectivity index (χ3v) is 5.47. The molecule has 1 aliphatic rings. The van der Waals surface area contributed by atoms with E-state index in [2.05, 4.69) is 29.2 Å². The second-order valence-electron chi connectivity index (χ2n) is 6.57. The molecular weight excluding hydrogens is 342 g/mol. The summed E-state index contributed by atoms with van der Waals surface area (Å²) in [5.41, 5.74) is 0.278. The monoisotopic (exact) mass is 367 g/mol. The molecule has 25 heavy (non-hydrogen) atoms. The average Bonchev–Trinajstić information content (AvgIpc) is 2.56. The average molecular weight is 367 g/mol. The highest BCUT2D eigenvalue weighted by Gasteiger charge is 2.28. The van der Waals surface area contributed by atoms with E-state index in [0.717, 1.165) is 12.8 Å². The molecule has 0 saturated carbocycles. The van der Waals surface area contributed by atoms with Gasteiger partial charge in [0.15, 0.2) is 0 Å². The highest BCUT2D eigenvalue weighted by Crippen LogP contribution is 2.14. The van der Waals surface area contributed by atoms with Gasteiger partial charge in [-0.25, -0.2) is 8.42 Å². The van der Waals surface area contributed by atoms with Gasteiger partial charge in [0, 0.05) is 18.7 Å². The van der Waals surface area contributed by atoms with Crippen LogP contribution < -0.4 is 15.4 Å². The molecule has 2 amide bonds. The molecule has 138 valence electrons. The van der Waals surface area contributed by atoms with Crippen LogP contribution in [0.25, 0.3) is 0 Å². The van der Waals surface area contributed by atoms with Crippen molar-refractivity contribution in [2.24, 2.45) is 5.92 Å². The van der Waals surface area contributed by atoms with Crippen LogP contribution in [0.1, 0.15) is 43.5 Å². The van der Waals surface area contributed by atoms with Crippen molar-refractivity contribution in [3.05, 3.63) is 29.8 Å². The Labute approximate surface area is 148 Å². The Kier molecular flexibility index (Phi) is 6.55. The molecular formula is C17H25N3O4S. The van der Waals surface area contributed by atoms with Crippen molar-refractivity contribution >= 4 is 21.8 Å². The molecule has 1 aromatic rings. The molecule has 7 nitrogen and oxygen atoms in total. The molecule has 1 aliphatic heterocycles. The Morgan fingerprint density at radius 2 is 2.12 bits per heavy atom. The first-order chi connectivity index (χ1) is 11.8. The summed E-state index contributed by atoms with van der Waals surface area (Å²) >= 11 is 0. The van der Waals surface area contributed by atoms with Gasteiger partial charge < -0.3 is 10.6 Å². The van der Waals surface area contributed by atoms with Crippen molar-refractivity contribution in [1.82, 2.24) is 15.4 Å². The Morgan fingerprint density at radius 3 is 2.80 bits per heavy atom. The van der Waals surface area contributed by atoms with E-state index >= 15 is 0 Å². The van der Waals surface area contributed by atoms with E-state index in [1.54, 1.807) is 6.07 Å². The fraction of sp³-hybridized carbons (Fsp3) is 0.529. The van der Waals surface area contributed by atoms with E-state index in [9.17, 15) is 18.0 Å². The maximum Gasteiger partial charge on any atom is 0.251 e. The lowest BCUT2D eigenvalue weighted by Crippen LogP contribution is -2.50. The van der Waals surface area contributed by atoms with Gasteiger partial charge in [-0.15, -0.1) is 0 Å². The van der Waals surface area contributed by atoms with Gasteiger partial charge in [0.05, 0.1) is 4.90 Å². The van der Waals surface area contributed by atoms with Crippen LogP contribution in [0, 0.1) is 5.92 Å². The number of nitrogens with one attached hydrogen (secondary N) is 3. The summed E-state index contributed by atoms with van der Waals surface area (Å²) in [7, 11) is -3.87. The summed E-state index contributed by atoms with van der Waals surface area (Å²) < 4.78 is 27.4. The quantitative estimate of drug-likeness (QED) is 0.669. The summed E-state index contributed by atoms with van der Waals surface area (Å²) in [6.45, 7) is 5.22. The fourth-order valence-electron chi connectivity index (χ4n) is 2.52. The molecule has 3 N–H and O–H groups in total. The van der Waals surface area contributed by atoms with E-state index in [4.69, 9.17) is 0 Å². The number of amides is 2. The third-order valence-electron chi connectivity index (χ3n) is 4.00. The smallest absolute Gasteiger partial charge is 0.251 e. The second kappa shape index (κ2) is 8.44. The molecule has 2 rings (SSSR count). The number of hydrogen-bond donors (Lipinski definition) is 3. The number of rotatable bonds is 7. The molecule has 0 bridgehead atoms. The van der Waals surface area contributed by atoms with Crippen molar-refractivity contribution in [3.63, 3.8) is 0 Å². The van der Waals surface area contributed by atoms with E-state index in [0.29, 0.717) is 25.4 Å². The number of piperidine rings is 1. The van der Waals surface area contributed by atoms with Gasteiger partial charge in [-0.2, -0.15) is 4.72 Å². The van der Waals surface area contributed by atoms with Gasteiger partial charge in [0.25, 0.3) is 5.91 Å². The molecule has 1 fully saturated rings. The van der Waals surface area contributed by atoms with E-state index < -0.39 is 16.1 Å². The summed E-state index contributed by atoms with van der Waals surface area (Å²) in [6.07, 6.45) is 2.03. The van der Waals surface area contributed by atoms with E-state index in [1.807, 2.05) is 0 Å². The molecule has 1 saturated heterocycles. The number of benzene rings is 1. The van der Waals surface area contributed by atoms with Crippen molar-refractivity contribution in [2.75, 3.05) is 13.1 Å². The predicted octanol–water partition coefficient (Wildman–Crippen LogP) is 1.02. The Hall–Kier alpha value is -1.93. The van der Waals surface area contributed by atoms with Gasteiger partial charge in [0.1, 0.15) is 6.04 Å². The first kappa shape index (κ1) is 19.4. The van der Waals surface area contributed by atoms with Crippen LogP contribution in [-0.2, 0) is 14.8 Å². The molecule has 0 radical (unpaired) electrons. The zero-order valence-electron chi connectivity index (χ0n) is 14.5. The SMILES string of the molecule is CC(C)CCNC(=O)c1cccc(S(=O)(=O)NC2CCCNC2=O)c1. The topological polar surface area (TPSA) is 104 Å². The van der Waals surface area contributed by atoms with Gasteiger partial charge in [-0.3, -0.25) is 9.59 Å². The Morgan fingerprint density at radius 1 is 1.36 bits per heavy atom. The molecule has 1 unspecified atom stereocenters. The summed E-state index contributed by atoms with van der Waals surface area (Å²) in [6, 6.07) is 5.05. The fourth-order valence-corrected chi connectivity index (χ4v) is 3.80. The first-order valence-electron chi connectivity index (χ1n) is 8.48. The molecule has 1 aromatic carbocycles. The lowest BCUT2D eigenvalue weighted by Gasteiger charge is -2.22. The lowest BCUT2D eigenvalue weighted by atomic mass is 10.1. The number of hydrogen-bond acceptors (Lipinski definition) is 4. The zero-order chi connectivity index (χ0) is 18.4. The third kappa shape index (κ3) is 5.54. The number of sulfonamides is 1. The second-order valence-corrected chi connectivity index (χ2v) is 8.29. The van der Waals surface area contributed by atoms with E-state index in [-0.39, 0.29) is 22.3 Å². The van der Waals surface area contributed by atoms with Crippen molar-refractivity contribution in [2.45, 2.75) is 44.0 Å². The molecule has 0 aliphatic carbocycles. The van der Waals surface area contributed by atoms with Gasteiger partial charge >= 0.3 is 0 Å². The van der Waals surface area contributed by atoms with Gasteiger partial charge in [0.2, 0.25) is 15.9 Å². The first-order valence-corrected chi connectivity index (χ1v) is 9.96. The van der Waals surface area contributed by atoms with Gasteiger partial charge in [-0.1, -0.05) is 19.9 Å². The Bertz CT molecular complexity index is 731. The maximum absolute atomic E-state index is 12.5. The van der Waals surface area contributed by atoms with Crippen molar-refractivity contribution in [3.8, 4) is 0 Å². The van der Waals surface area contributed by atoms with Crippen molar-refractivity contribution in [1.29, 1.82) is 0 Å². The highest BCUT2D eigenvalue weighted by atomic mass is 32.2. The van der Waals surface area contributed by atoms with Crippen molar-refractivity contribution < 1.29 is 18.0 Å². The predicted molar refractivity (Wildman–Crippen MR) is 94.6 cm³/mol. The van der Waals surface area contributed by atoms with E-state index in [1.165, 1.54) is 18.2 Å². The zero-order valence-corrected chi connectivity index (χ0v) is 15.4. The summed E-state index contributed by atoms with van der Waals surface area (Å²) in [4.78, 5) is 23.9.